The normalized spacial score (nSPS) is 13.4. The number of nitrogens with zero attached hydrogens (tertiary/aromatic N) is 1. The van der Waals surface area contributed by atoms with Gasteiger partial charge in [0.05, 0.1) is 19.5 Å². The first-order chi connectivity index (χ1) is 6.76. The maximum Gasteiger partial charge on any atom is 0.150 e. The molecule has 74 valence electrons. The summed E-state index contributed by atoms with van der Waals surface area (Å²) < 4.78 is 5.20. The van der Waals surface area contributed by atoms with Gasteiger partial charge >= 0.3 is 0 Å². The zero-order valence-corrected chi connectivity index (χ0v) is 8.20. The maximum atomic E-state index is 10.7. The van der Waals surface area contributed by atoms with Gasteiger partial charge in [0.2, 0.25) is 0 Å². The Morgan fingerprint density at radius 3 is 3.00 bits per heavy atom. The summed E-state index contributed by atoms with van der Waals surface area (Å²) in [6.45, 7) is 0.744. The monoisotopic (exact) mass is 192 g/mol. The van der Waals surface area contributed by atoms with Gasteiger partial charge in [0, 0.05) is 12.6 Å². The van der Waals surface area contributed by atoms with E-state index >= 15 is 0 Å². The predicted octanol–water partition coefficient (Wildman–Crippen LogP) is 1.33. The molecule has 0 radical (unpaired) electrons. The van der Waals surface area contributed by atoms with Crippen LogP contribution in [0, 0.1) is 0 Å². The average molecular weight is 192 g/mol. The smallest absolute Gasteiger partial charge is 0.150 e. The molecular formula is C10H12N2O2. The van der Waals surface area contributed by atoms with Gasteiger partial charge < -0.3 is 15.0 Å². The summed E-state index contributed by atoms with van der Waals surface area (Å²) in [6.07, 6.45) is 0.828. The van der Waals surface area contributed by atoms with Gasteiger partial charge in [-0.1, -0.05) is 0 Å². The molecule has 1 N–H and O–H groups in total. The molecule has 0 amide bonds. The van der Waals surface area contributed by atoms with Crippen molar-refractivity contribution in [1.82, 2.24) is 0 Å². The van der Waals surface area contributed by atoms with Crippen LogP contribution in [0.15, 0.2) is 12.1 Å². The minimum atomic E-state index is 0.635. The van der Waals surface area contributed by atoms with Crippen molar-refractivity contribution in [2.45, 2.75) is 0 Å². The number of ether oxygens (including phenoxy) is 1. The SMILES string of the molecule is COc1cc(C=O)cc2c1NCN2C. The number of carbonyl (C=O) groups is 1. The number of benzene rings is 1. The fourth-order valence-electron chi connectivity index (χ4n) is 1.61. The molecule has 0 bridgehead atoms. The van der Waals surface area contributed by atoms with Crippen LogP contribution >= 0.6 is 0 Å². The Kier molecular flexibility index (Phi) is 2.04. The summed E-state index contributed by atoms with van der Waals surface area (Å²) in [7, 11) is 3.57. The van der Waals surface area contributed by atoms with Gasteiger partial charge in [-0.05, 0) is 12.1 Å². The number of anilines is 2. The number of hydrogen-bond donors (Lipinski definition) is 1. The molecule has 0 aliphatic carbocycles. The predicted molar refractivity (Wildman–Crippen MR) is 55.3 cm³/mol. The van der Waals surface area contributed by atoms with Gasteiger partial charge in [-0.25, -0.2) is 0 Å². The van der Waals surface area contributed by atoms with Crippen molar-refractivity contribution >= 4 is 17.7 Å². The Morgan fingerprint density at radius 2 is 2.36 bits per heavy atom. The summed E-state index contributed by atoms with van der Waals surface area (Å²) in [5, 5.41) is 3.21. The number of rotatable bonds is 2. The number of nitrogens with one attached hydrogen (secondary N) is 1. The topological polar surface area (TPSA) is 41.6 Å². The second-order valence-corrected chi connectivity index (χ2v) is 3.27. The minimum Gasteiger partial charge on any atom is -0.494 e. The van der Waals surface area contributed by atoms with Gasteiger partial charge in [-0.15, -0.1) is 0 Å². The van der Waals surface area contributed by atoms with Gasteiger partial charge in [0.15, 0.2) is 0 Å². The van der Waals surface area contributed by atoms with E-state index in [1.54, 1.807) is 13.2 Å². The lowest BCUT2D eigenvalue weighted by molar-refractivity contribution is 0.112. The molecule has 0 unspecified atom stereocenters. The molecule has 14 heavy (non-hydrogen) atoms. The zero-order valence-electron chi connectivity index (χ0n) is 8.20. The van der Waals surface area contributed by atoms with Gasteiger partial charge in [-0.3, -0.25) is 4.79 Å². The molecule has 4 heteroatoms. The molecule has 1 aliphatic rings. The highest BCUT2D eigenvalue weighted by atomic mass is 16.5. The van der Waals surface area contributed by atoms with E-state index in [0.29, 0.717) is 11.3 Å². The first-order valence-electron chi connectivity index (χ1n) is 4.38. The van der Waals surface area contributed by atoms with Gasteiger partial charge in [0.1, 0.15) is 17.7 Å². The molecule has 1 heterocycles. The van der Waals surface area contributed by atoms with Crippen LogP contribution in [-0.2, 0) is 0 Å². The number of fused-ring (bicyclic) bond motifs is 1. The quantitative estimate of drug-likeness (QED) is 0.718. The van der Waals surface area contributed by atoms with Crippen LogP contribution in [0.3, 0.4) is 0 Å². The van der Waals surface area contributed by atoms with Crippen molar-refractivity contribution in [3.63, 3.8) is 0 Å². The third-order valence-corrected chi connectivity index (χ3v) is 2.36. The number of carbonyl (C=O) groups excluding carboxylic acids is 1. The van der Waals surface area contributed by atoms with Crippen molar-refractivity contribution < 1.29 is 9.53 Å². The lowest BCUT2D eigenvalue weighted by Gasteiger charge is -2.11. The van der Waals surface area contributed by atoms with E-state index in [9.17, 15) is 4.79 Å². The van der Waals surface area contributed by atoms with Crippen molar-refractivity contribution in [3.05, 3.63) is 17.7 Å². The van der Waals surface area contributed by atoms with Crippen LogP contribution in [0.2, 0.25) is 0 Å². The van der Waals surface area contributed by atoms with E-state index in [1.165, 1.54) is 0 Å². The van der Waals surface area contributed by atoms with Crippen molar-refractivity contribution in [3.8, 4) is 5.75 Å². The van der Waals surface area contributed by atoms with Crippen LogP contribution < -0.4 is 15.0 Å². The first-order valence-corrected chi connectivity index (χ1v) is 4.38. The third-order valence-electron chi connectivity index (χ3n) is 2.36. The summed E-state index contributed by atoms with van der Waals surface area (Å²) in [4.78, 5) is 12.7. The molecule has 0 saturated heterocycles. The minimum absolute atomic E-state index is 0.635. The fraction of sp³-hybridized carbons (Fsp3) is 0.300. The standard InChI is InChI=1S/C10H12N2O2/c1-12-6-11-10-8(12)3-7(5-13)4-9(10)14-2/h3-5,11H,6H2,1-2H3. The summed E-state index contributed by atoms with van der Waals surface area (Å²) in [5.41, 5.74) is 2.60. The molecule has 0 aromatic heterocycles. The maximum absolute atomic E-state index is 10.7. The molecule has 4 nitrogen and oxygen atoms in total. The van der Waals surface area contributed by atoms with E-state index in [4.69, 9.17) is 4.74 Å². The van der Waals surface area contributed by atoms with E-state index in [0.717, 1.165) is 24.3 Å². The summed E-state index contributed by atoms with van der Waals surface area (Å²) >= 11 is 0. The van der Waals surface area contributed by atoms with Crippen molar-refractivity contribution in [2.75, 3.05) is 31.0 Å². The van der Waals surface area contributed by atoms with E-state index in [1.807, 2.05) is 18.0 Å². The Bertz CT molecular complexity index is 377. The summed E-state index contributed by atoms with van der Waals surface area (Å²) in [6, 6.07) is 3.59. The van der Waals surface area contributed by atoms with Crippen LogP contribution in [0.1, 0.15) is 10.4 Å². The van der Waals surface area contributed by atoms with Gasteiger partial charge in [0.25, 0.3) is 0 Å². The lowest BCUT2D eigenvalue weighted by Crippen LogP contribution is -2.15. The van der Waals surface area contributed by atoms with Crippen molar-refractivity contribution in [2.24, 2.45) is 0 Å². The number of methoxy groups -OCH3 is 1. The fourth-order valence-corrected chi connectivity index (χ4v) is 1.61. The molecule has 1 aromatic rings. The lowest BCUT2D eigenvalue weighted by atomic mass is 10.1. The molecular weight excluding hydrogens is 180 g/mol. The highest BCUT2D eigenvalue weighted by Crippen LogP contribution is 2.39. The Hall–Kier alpha value is -1.71. The van der Waals surface area contributed by atoms with E-state index in [2.05, 4.69) is 5.32 Å². The Balaban J connectivity index is 2.58. The molecule has 0 fully saturated rings. The third kappa shape index (κ3) is 1.19. The zero-order chi connectivity index (χ0) is 10.1. The summed E-state index contributed by atoms with van der Waals surface area (Å²) in [5.74, 6) is 0.717. The van der Waals surface area contributed by atoms with E-state index in [-0.39, 0.29) is 0 Å². The molecule has 0 atom stereocenters. The van der Waals surface area contributed by atoms with Crippen LogP contribution in [0.4, 0.5) is 11.4 Å². The molecule has 2 rings (SSSR count). The number of hydrogen-bond acceptors (Lipinski definition) is 4. The second-order valence-electron chi connectivity index (χ2n) is 3.27. The molecule has 1 aliphatic heterocycles. The number of aldehydes is 1. The molecule has 1 aromatic carbocycles. The van der Waals surface area contributed by atoms with Crippen LogP contribution in [0.5, 0.6) is 5.75 Å². The average Bonchev–Trinajstić information content (AvgIpc) is 2.59. The van der Waals surface area contributed by atoms with Crippen LogP contribution in [0.25, 0.3) is 0 Å². The van der Waals surface area contributed by atoms with E-state index < -0.39 is 0 Å². The Morgan fingerprint density at radius 1 is 1.57 bits per heavy atom. The second kappa shape index (κ2) is 3.21. The molecule has 0 spiro atoms. The highest BCUT2D eigenvalue weighted by Gasteiger charge is 2.19. The van der Waals surface area contributed by atoms with Gasteiger partial charge in [-0.2, -0.15) is 0 Å². The largest absolute Gasteiger partial charge is 0.494 e. The first kappa shape index (κ1) is 8.87. The highest BCUT2D eigenvalue weighted by molar-refractivity contribution is 5.88. The molecule has 0 saturated carbocycles. The van der Waals surface area contributed by atoms with Crippen molar-refractivity contribution in [1.29, 1.82) is 0 Å². The Labute approximate surface area is 82.5 Å². The van der Waals surface area contributed by atoms with Crippen LogP contribution in [-0.4, -0.2) is 27.1 Å².